The third-order valence-electron chi connectivity index (χ3n) is 21.1. The van der Waals surface area contributed by atoms with Gasteiger partial charge in [0.1, 0.15) is 0 Å². The fraction of sp³-hybridized carbons (Fsp3) is 0.316. The van der Waals surface area contributed by atoms with Crippen LogP contribution in [-0.4, -0.2) is 6.85 Å². The van der Waals surface area contributed by atoms with Gasteiger partial charge in [0.2, 0.25) is 0 Å². The molecule has 2 nitrogen and oxygen atoms in total. The average Bonchev–Trinajstić information content (AvgIpc) is 1.12. The minimum Gasteiger partial charge on any atom is -0.376 e. The van der Waals surface area contributed by atoms with Crippen molar-refractivity contribution in [1.82, 2.24) is 0 Å². The highest BCUT2D eigenvalue weighted by Crippen LogP contribution is 2.60. The number of rotatable bonds is 4. The Morgan fingerprint density at radius 3 is 1.61 bits per heavy atom. The Kier molecular flexibility index (Phi) is 11.2. The molecule has 0 amide bonds. The SMILES string of the molecule is Cc1cc(C)c(-c2cc3c4c(c2)N(c2cc5c(cc2C)C(C)(C)CCC5(C)C)c2cc5c(cc2B4N(c2ccc(C(C)(C)C)cc2-c2ccccc2)c2ccc4c(c2-3)C(C)(C)c2ccccc2-4)C(C)(C)c2ccccc2C5(C)C)c(C)c1. The van der Waals surface area contributed by atoms with Crippen molar-refractivity contribution < 1.29 is 0 Å². The molecule has 5 aliphatic rings. The molecule has 0 aromatic heterocycles. The van der Waals surface area contributed by atoms with Crippen LogP contribution in [0.2, 0.25) is 0 Å². The highest BCUT2D eigenvalue weighted by molar-refractivity contribution is 6.93. The molecular weight excluding hydrogens is 988 g/mol. The molecule has 0 spiro atoms. The number of anilines is 5. The van der Waals surface area contributed by atoms with E-state index in [2.05, 4.69) is 285 Å². The van der Waals surface area contributed by atoms with E-state index in [0.717, 1.165) is 6.42 Å². The first-order valence-corrected chi connectivity index (χ1v) is 30.5. The molecule has 14 rings (SSSR count). The number of hydrogen-bond donors (Lipinski definition) is 0. The largest absolute Gasteiger partial charge is 0.376 e. The summed E-state index contributed by atoms with van der Waals surface area (Å²) in [6, 6.07) is 63.0. The highest BCUT2D eigenvalue weighted by atomic mass is 15.2. The third-order valence-corrected chi connectivity index (χ3v) is 21.1. The Balaban J connectivity index is 1.20. The second-order valence-corrected chi connectivity index (χ2v) is 29.4. The maximum Gasteiger partial charge on any atom is 0.333 e. The lowest BCUT2D eigenvalue weighted by Crippen LogP contribution is -2.62. The van der Waals surface area contributed by atoms with Crippen molar-refractivity contribution in [2.45, 2.75) is 163 Å². The van der Waals surface area contributed by atoms with Crippen LogP contribution in [0.25, 0.3) is 44.5 Å². The fourth-order valence-corrected chi connectivity index (χ4v) is 16.6. The lowest BCUT2D eigenvalue weighted by Gasteiger charge is -2.50. The van der Waals surface area contributed by atoms with Crippen molar-refractivity contribution in [3.8, 4) is 44.5 Å². The molecule has 0 bridgehead atoms. The first-order valence-electron chi connectivity index (χ1n) is 30.5. The minimum absolute atomic E-state index is 0.00136. The molecule has 0 unspecified atom stereocenters. The van der Waals surface area contributed by atoms with E-state index in [1.807, 2.05) is 0 Å². The molecule has 3 heteroatoms. The summed E-state index contributed by atoms with van der Waals surface area (Å²) in [4.78, 5) is 5.62. The monoisotopic (exact) mass is 1070 g/mol. The van der Waals surface area contributed by atoms with Gasteiger partial charge in [0, 0.05) is 55.8 Å². The molecule has 9 aromatic carbocycles. The summed E-state index contributed by atoms with van der Waals surface area (Å²) in [5.41, 5.74) is 36.6. The van der Waals surface area contributed by atoms with E-state index in [9.17, 15) is 0 Å². The summed E-state index contributed by atoms with van der Waals surface area (Å²) < 4.78 is 0. The van der Waals surface area contributed by atoms with Crippen molar-refractivity contribution in [2.24, 2.45) is 0 Å². The van der Waals surface area contributed by atoms with Gasteiger partial charge in [-0.05, 0) is 210 Å². The van der Waals surface area contributed by atoms with E-state index < -0.39 is 0 Å². The van der Waals surface area contributed by atoms with Gasteiger partial charge in [-0.15, -0.1) is 0 Å². The summed E-state index contributed by atoms with van der Waals surface area (Å²) in [7, 11) is 0. The van der Waals surface area contributed by atoms with Crippen LogP contribution < -0.4 is 20.6 Å². The van der Waals surface area contributed by atoms with Crippen LogP contribution in [0.3, 0.4) is 0 Å². The van der Waals surface area contributed by atoms with E-state index in [1.54, 1.807) is 0 Å². The topological polar surface area (TPSA) is 6.48 Å². The predicted octanol–water partition coefficient (Wildman–Crippen LogP) is 19.9. The van der Waals surface area contributed by atoms with Crippen molar-refractivity contribution in [1.29, 1.82) is 0 Å². The van der Waals surface area contributed by atoms with Crippen LogP contribution in [-0.2, 0) is 32.5 Å². The molecule has 0 fully saturated rings. The van der Waals surface area contributed by atoms with Gasteiger partial charge in [0.25, 0.3) is 0 Å². The Morgan fingerprint density at radius 1 is 0.390 bits per heavy atom. The van der Waals surface area contributed by atoms with Gasteiger partial charge in [-0.25, -0.2) is 0 Å². The Morgan fingerprint density at radius 2 is 0.963 bits per heavy atom. The number of hydrogen-bond acceptors (Lipinski definition) is 2. The van der Waals surface area contributed by atoms with Gasteiger partial charge in [0.15, 0.2) is 0 Å². The Hall–Kier alpha value is -7.36. The zero-order valence-electron chi connectivity index (χ0n) is 51.9. The van der Waals surface area contributed by atoms with Gasteiger partial charge < -0.3 is 9.71 Å². The zero-order chi connectivity index (χ0) is 57.7. The first-order chi connectivity index (χ1) is 38.7. The second-order valence-electron chi connectivity index (χ2n) is 29.4. The number of fused-ring (bicyclic) bond motifs is 11. The van der Waals surface area contributed by atoms with Crippen LogP contribution >= 0.6 is 0 Å². The van der Waals surface area contributed by atoms with Gasteiger partial charge in [0.05, 0.1) is 0 Å². The fourth-order valence-electron chi connectivity index (χ4n) is 16.6. The van der Waals surface area contributed by atoms with Crippen molar-refractivity contribution in [3.63, 3.8) is 0 Å². The Bertz CT molecular complexity index is 4210. The molecule has 410 valence electrons. The van der Waals surface area contributed by atoms with Crippen LogP contribution in [0.4, 0.5) is 28.4 Å². The van der Waals surface area contributed by atoms with Gasteiger partial charge >= 0.3 is 6.85 Å². The molecule has 0 atom stereocenters. The number of nitrogens with zero attached hydrogens (tertiary/aromatic N) is 2. The van der Waals surface area contributed by atoms with Crippen LogP contribution in [0.1, 0.15) is 175 Å². The second kappa shape index (κ2) is 17.4. The maximum atomic E-state index is 2.83. The quantitative estimate of drug-likeness (QED) is 0.162. The molecule has 2 aliphatic heterocycles. The third kappa shape index (κ3) is 7.32. The lowest BCUT2D eigenvalue weighted by molar-refractivity contribution is 0.332. The van der Waals surface area contributed by atoms with Gasteiger partial charge in [-0.1, -0.05) is 211 Å². The van der Waals surface area contributed by atoms with Crippen molar-refractivity contribution >= 4 is 46.2 Å². The van der Waals surface area contributed by atoms with Gasteiger partial charge in [-0.3, -0.25) is 0 Å². The molecule has 0 saturated carbocycles. The van der Waals surface area contributed by atoms with Gasteiger partial charge in [-0.2, -0.15) is 0 Å². The van der Waals surface area contributed by atoms with E-state index in [4.69, 9.17) is 0 Å². The van der Waals surface area contributed by atoms with E-state index >= 15 is 0 Å². The summed E-state index contributed by atoms with van der Waals surface area (Å²) in [6.45, 7) is 41.0. The summed E-state index contributed by atoms with van der Waals surface area (Å²) in [5, 5.41) is 0. The molecular formula is C79H81BN2. The van der Waals surface area contributed by atoms with Crippen LogP contribution in [0, 0.1) is 27.7 Å². The molecule has 2 heterocycles. The highest BCUT2D eigenvalue weighted by Gasteiger charge is 2.52. The van der Waals surface area contributed by atoms with Crippen molar-refractivity contribution in [2.75, 3.05) is 9.71 Å². The number of aryl methyl sites for hydroxylation is 4. The molecule has 0 saturated heterocycles. The average molecular weight is 1070 g/mol. The lowest BCUT2D eigenvalue weighted by atomic mass is 9.42. The standard InChI is InChI=1S/C79H81BN2/c1-46-37-48(3)70(49(4)38-46)51-40-56-71-66(34-32-54-53-27-21-22-28-57(53)79(16,17)72(54)71)82(65-33-31-52(74(5,6)7)42-55(65)50-25-19-18-20-26-50)80-64-43-62-63(78(14,15)59-30-24-23-29-58(59)77(62,12)13)45-68(64)81(69(41-51)73(56)80)67-44-61-60(39-47(67)2)75(8,9)35-36-76(61,10)11/h18-34,37-45H,35-36H2,1-17H3. The smallest absolute Gasteiger partial charge is 0.333 e. The van der Waals surface area contributed by atoms with Crippen molar-refractivity contribution in [3.05, 3.63) is 230 Å². The summed E-state index contributed by atoms with van der Waals surface area (Å²) in [6.07, 6.45) is 2.32. The number of benzene rings is 9. The molecule has 82 heavy (non-hydrogen) atoms. The Labute approximate surface area is 490 Å². The molecule has 9 aromatic rings. The summed E-state index contributed by atoms with van der Waals surface area (Å²) >= 11 is 0. The summed E-state index contributed by atoms with van der Waals surface area (Å²) in [5.74, 6) is 0. The molecule has 0 radical (unpaired) electrons. The van der Waals surface area contributed by atoms with E-state index in [-0.39, 0.29) is 39.3 Å². The molecule has 3 aliphatic carbocycles. The first kappa shape index (κ1) is 52.7. The molecule has 0 N–H and O–H groups in total. The van der Waals surface area contributed by atoms with E-state index in [0.29, 0.717) is 0 Å². The van der Waals surface area contributed by atoms with Crippen LogP contribution in [0.5, 0.6) is 0 Å². The minimum atomic E-state index is -0.297. The van der Waals surface area contributed by atoms with E-state index in [1.165, 1.54) is 163 Å². The predicted molar refractivity (Wildman–Crippen MR) is 352 cm³/mol. The zero-order valence-corrected chi connectivity index (χ0v) is 51.9. The maximum absolute atomic E-state index is 2.83. The normalized spacial score (nSPS) is 17.6. The van der Waals surface area contributed by atoms with Crippen LogP contribution in [0.15, 0.2) is 158 Å².